The fraction of sp³-hybridized carbons (Fsp3) is 0.294. The number of benzene rings is 1. The number of carboxylic acid groups (broad SMARTS) is 1. The van der Waals surface area contributed by atoms with Crippen molar-refractivity contribution in [1.29, 1.82) is 0 Å². The first-order valence-electron chi connectivity index (χ1n) is 7.56. The molecule has 0 amide bonds. The quantitative estimate of drug-likeness (QED) is 0.680. The van der Waals surface area contributed by atoms with E-state index < -0.39 is 11.5 Å². The molecule has 0 fully saturated rings. The first-order valence-corrected chi connectivity index (χ1v) is 7.56. The maximum absolute atomic E-state index is 12.3. The number of fused-ring (bicyclic) bond motifs is 3. The molecule has 7 nitrogen and oxygen atoms in total. The predicted molar refractivity (Wildman–Crippen MR) is 85.1 cm³/mol. The molecule has 2 aromatic rings. The summed E-state index contributed by atoms with van der Waals surface area (Å²) in [6.07, 6.45) is 1.64. The molecule has 24 heavy (non-hydrogen) atoms. The Hall–Kier alpha value is -2.96. The molecule has 0 saturated heterocycles. The van der Waals surface area contributed by atoms with E-state index in [-0.39, 0.29) is 17.5 Å². The van der Waals surface area contributed by atoms with Crippen molar-refractivity contribution in [2.75, 3.05) is 0 Å². The molecule has 0 atom stereocenters. The number of hydrogen-bond acceptors (Lipinski definition) is 5. The lowest BCUT2D eigenvalue weighted by molar-refractivity contribution is -0.137. The Morgan fingerprint density at radius 3 is 2.75 bits per heavy atom. The van der Waals surface area contributed by atoms with Gasteiger partial charge in [0.1, 0.15) is 17.1 Å². The molecule has 7 heteroatoms. The third-order valence-electron chi connectivity index (χ3n) is 3.89. The van der Waals surface area contributed by atoms with E-state index in [0.29, 0.717) is 30.1 Å². The first-order chi connectivity index (χ1) is 11.4. The maximum Gasteiger partial charge on any atom is 0.342 e. The number of carbonyl (C=O) groups excluding carboxylic acids is 1. The summed E-state index contributed by atoms with van der Waals surface area (Å²) in [5.74, 6) is -1.15. The largest absolute Gasteiger partial charge is 0.477 e. The van der Waals surface area contributed by atoms with E-state index in [1.54, 1.807) is 26.0 Å². The minimum absolute atomic E-state index is 0.257. The van der Waals surface area contributed by atoms with Crippen LogP contribution in [0.2, 0.25) is 0 Å². The van der Waals surface area contributed by atoms with E-state index in [1.165, 1.54) is 4.57 Å². The van der Waals surface area contributed by atoms with Gasteiger partial charge in [-0.2, -0.15) is 0 Å². The lowest BCUT2D eigenvalue weighted by atomic mass is 9.99. The summed E-state index contributed by atoms with van der Waals surface area (Å²) in [6.45, 7) is 3.84. The van der Waals surface area contributed by atoms with Crippen molar-refractivity contribution in [2.45, 2.75) is 26.8 Å². The number of aromatic carboxylic acids is 1. The van der Waals surface area contributed by atoms with Gasteiger partial charge in [0.15, 0.2) is 0 Å². The van der Waals surface area contributed by atoms with Crippen molar-refractivity contribution in [2.24, 2.45) is 5.92 Å². The Morgan fingerprint density at radius 2 is 2.08 bits per heavy atom. The summed E-state index contributed by atoms with van der Waals surface area (Å²) in [6, 6.07) is 5.20. The van der Waals surface area contributed by atoms with Crippen LogP contribution in [-0.4, -0.2) is 26.6 Å². The summed E-state index contributed by atoms with van der Waals surface area (Å²) in [5, 5.41) is 9.05. The van der Waals surface area contributed by atoms with Crippen LogP contribution in [0.25, 0.3) is 11.4 Å². The van der Waals surface area contributed by atoms with Gasteiger partial charge in [-0.15, -0.1) is 0 Å². The molecule has 1 aliphatic heterocycles. The van der Waals surface area contributed by atoms with Crippen LogP contribution in [-0.2, 0) is 17.8 Å². The van der Waals surface area contributed by atoms with Gasteiger partial charge in [0.2, 0.25) is 0 Å². The van der Waals surface area contributed by atoms with E-state index in [9.17, 15) is 14.4 Å². The topological polar surface area (TPSA) is 98.5 Å². The van der Waals surface area contributed by atoms with E-state index in [1.807, 2.05) is 6.07 Å². The Labute approximate surface area is 137 Å². The summed E-state index contributed by atoms with van der Waals surface area (Å²) in [5.41, 5.74) is 0.700. The predicted octanol–water partition coefficient (Wildman–Crippen LogP) is 1.73. The molecule has 1 aromatic heterocycles. The summed E-state index contributed by atoms with van der Waals surface area (Å²) in [4.78, 5) is 39.2. The number of nitrogens with zero attached hydrogens (tertiary/aromatic N) is 2. The molecular weight excluding hydrogens is 312 g/mol. The maximum atomic E-state index is 12.3. The molecule has 0 bridgehead atoms. The van der Waals surface area contributed by atoms with E-state index in [0.717, 1.165) is 11.8 Å². The van der Waals surface area contributed by atoms with Gasteiger partial charge in [-0.1, -0.05) is 19.9 Å². The summed E-state index contributed by atoms with van der Waals surface area (Å²) >= 11 is 0. The normalized spacial score (nSPS) is 12.5. The fourth-order valence-corrected chi connectivity index (χ4v) is 2.57. The van der Waals surface area contributed by atoms with Crippen LogP contribution in [0.5, 0.6) is 5.75 Å². The number of aromatic nitrogens is 2. The first kappa shape index (κ1) is 15.9. The van der Waals surface area contributed by atoms with Gasteiger partial charge in [-0.3, -0.25) is 14.2 Å². The Balaban J connectivity index is 2.07. The van der Waals surface area contributed by atoms with Gasteiger partial charge in [-0.25, -0.2) is 9.78 Å². The van der Waals surface area contributed by atoms with Gasteiger partial charge >= 0.3 is 11.9 Å². The van der Waals surface area contributed by atoms with E-state index in [2.05, 4.69) is 4.98 Å². The third kappa shape index (κ3) is 2.68. The highest BCUT2D eigenvalue weighted by molar-refractivity contribution is 5.87. The van der Waals surface area contributed by atoms with E-state index in [4.69, 9.17) is 9.84 Å². The van der Waals surface area contributed by atoms with Gasteiger partial charge in [-0.05, 0) is 24.1 Å². The number of aryl methyl sites for hydroxylation is 1. The monoisotopic (exact) mass is 328 g/mol. The average molecular weight is 328 g/mol. The lowest BCUT2D eigenvalue weighted by Gasteiger charge is -2.21. The zero-order valence-corrected chi connectivity index (χ0v) is 13.3. The lowest BCUT2D eigenvalue weighted by Crippen LogP contribution is -2.31. The molecule has 3 rings (SSSR count). The molecule has 0 aliphatic carbocycles. The second kappa shape index (κ2) is 5.92. The van der Waals surface area contributed by atoms with Crippen molar-refractivity contribution in [3.8, 4) is 17.1 Å². The van der Waals surface area contributed by atoms with Crippen molar-refractivity contribution in [3.05, 3.63) is 45.9 Å². The van der Waals surface area contributed by atoms with Crippen molar-refractivity contribution in [1.82, 2.24) is 9.55 Å². The zero-order valence-electron chi connectivity index (χ0n) is 13.3. The smallest absolute Gasteiger partial charge is 0.342 e. The average Bonchev–Trinajstić information content (AvgIpc) is 2.54. The van der Waals surface area contributed by atoms with Crippen LogP contribution in [0.1, 0.15) is 29.8 Å². The second-order valence-electron chi connectivity index (χ2n) is 5.90. The SMILES string of the molecule is CC(C)C(=O)Oc1ccc2c(c1)-c1ncc(C(=O)O)c(=O)n1CC2. The molecule has 2 heterocycles. The number of rotatable bonds is 3. The number of hydrogen-bond donors (Lipinski definition) is 1. The number of esters is 1. The summed E-state index contributed by atoms with van der Waals surface area (Å²) < 4.78 is 6.65. The van der Waals surface area contributed by atoms with E-state index >= 15 is 0 Å². The molecule has 1 aromatic carbocycles. The molecule has 0 unspecified atom stereocenters. The van der Waals surface area contributed by atoms with Crippen LogP contribution in [0.15, 0.2) is 29.2 Å². The molecular formula is C17H16N2O5. The van der Waals surface area contributed by atoms with Crippen molar-refractivity contribution < 1.29 is 19.4 Å². The Morgan fingerprint density at radius 1 is 1.33 bits per heavy atom. The molecule has 0 spiro atoms. The molecule has 0 radical (unpaired) electrons. The fourth-order valence-electron chi connectivity index (χ4n) is 2.57. The molecule has 124 valence electrons. The van der Waals surface area contributed by atoms with Gasteiger partial charge < -0.3 is 9.84 Å². The van der Waals surface area contributed by atoms with Crippen LogP contribution >= 0.6 is 0 Å². The summed E-state index contributed by atoms with van der Waals surface area (Å²) in [7, 11) is 0. The van der Waals surface area contributed by atoms with Crippen LogP contribution in [0.3, 0.4) is 0 Å². The third-order valence-corrected chi connectivity index (χ3v) is 3.89. The number of carboxylic acids is 1. The highest BCUT2D eigenvalue weighted by Gasteiger charge is 2.23. The molecule has 0 saturated carbocycles. The number of carbonyl (C=O) groups is 2. The van der Waals surface area contributed by atoms with Crippen LogP contribution < -0.4 is 10.3 Å². The Kier molecular flexibility index (Phi) is 3.92. The van der Waals surface area contributed by atoms with Gasteiger partial charge in [0.25, 0.3) is 5.56 Å². The Bertz CT molecular complexity index is 898. The van der Waals surface area contributed by atoms with Crippen molar-refractivity contribution in [3.63, 3.8) is 0 Å². The zero-order chi connectivity index (χ0) is 17.4. The standard InChI is InChI=1S/C17H16N2O5/c1-9(2)17(23)24-11-4-3-10-5-6-19-14(12(10)7-11)18-8-13(15(19)20)16(21)22/h3-4,7-9H,5-6H2,1-2H3,(H,21,22). The van der Waals surface area contributed by atoms with Crippen LogP contribution in [0.4, 0.5) is 0 Å². The highest BCUT2D eigenvalue weighted by Crippen LogP contribution is 2.30. The van der Waals surface area contributed by atoms with Crippen LogP contribution in [0, 0.1) is 5.92 Å². The molecule has 1 N–H and O–H groups in total. The van der Waals surface area contributed by atoms with Gasteiger partial charge in [0.05, 0.1) is 5.92 Å². The van der Waals surface area contributed by atoms with Crippen molar-refractivity contribution >= 4 is 11.9 Å². The minimum Gasteiger partial charge on any atom is -0.477 e. The molecule has 1 aliphatic rings. The highest BCUT2D eigenvalue weighted by atomic mass is 16.5. The minimum atomic E-state index is -1.30. The van der Waals surface area contributed by atoms with Gasteiger partial charge in [0, 0.05) is 18.3 Å². The second-order valence-corrected chi connectivity index (χ2v) is 5.90. The number of ether oxygens (including phenoxy) is 1.